The van der Waals surface area contributed by atoms with Crippen LogP contribution in [0.2, 0.25) is 0 Å². The van der Waals surface area contributed by atoms with Crippen molar-refractivity contribution >= 4 is 15.5 Å². The molecule has 0 heterocycles. The summed E-state index contributed by atoms with van der Waals surface area (Å²) in [5.74, 6) is 0.188. The molecule has 1 rings (SSSR count). The van der Waals surface area contributed by atoms with Crippen LogP contribution < -0.4 is 5.32 Å². The summed E-state index contributed by atoms with van der Waals surface area (Å²) in [6.45, 7) is 7.16. The van der Waals surface area contributed by atoms with Gasteiger partial charge in [-0.2, -0.15) is 0 Å². The molecule has 0 saturated carbocycles. The fraction of sp³-hybridized carbons (Fsp3) is 0.625. The molecular formula is C16H27NO3S. The van der Waals surface area contributed by atoms with Crippen molar-refractivity contribution in [1.29, 1.82) is 0 Å². The molecule has 0 bridgehead atoms. The minimum atomic E-state index is -3.14. The SMILES string of the molecule is CCCS(=O)(=O)c1ccc(NCC(C)(C)CCCO)cc1. The molecule has 0 unspecified atom stereocenters. The van der Waals surface area contributed by atoms with Crippen LogP contribution in [0.3, 0.4) is 0 Å². The molecule has 4 nitrogen and oxygen atoms in total. The van der Waals surface area contributed by atoms with E-state index in [-0.39, 0.29) is 17.8 Å². The van der Waals surface area contributed by atoms with E-state index in [0.717, 1.165) is 25.1 Å². The predicted molar refractivity (Wildman–Crippen MR) is 87.4 cm³/mol. The number of rotatable bonds is 9. The largest absolute Gasteiger partial charge is 0.396 e. The molecular weight excluding hydrogens is 286 g/mol. The highest BCUT2D eigenvalue weighted by atomic mass is 32.2. The first-order valence-corrected chi connectivity index (χ1v) is 9.13. The number of hydrogen-bond donors (Lipinski definition) is 2. The molecule has 0 aliphatic rings. The summed E-state index contributed by atoms with van der Waals surface area (Å²) in [7, 11) is -3.14. The Balaban J connectivity index is 2.63. The fourth-order valence-corrected chi connectivity index (χ4v) is 3.48. The second-order valence-electron chi connectivity index (χ2n) is 6.19. The molecule has 120 valence electrons. The third-order valence-corrected chi connectivity index (χ3v) is 5.41. The number of benzene rings is 1. The monoisotopic (exact) mass is 313 g/mol. The van der Waals surface area contributed by atoms with E-state index in [2.05, 4.69) is 19.2 Å². The van der Waals surface area contributed by atoms with Gasteiger partial charge in [-0.3, -0.25) is 0 Å². The van der Waals surface area contributed by atoms with E-state index >= 15 is 0 Å². The maximum atomic E-state index is 11.9. The molecule has 1 aromatic carbocycles. The first-order valence-electron chi connectivity index (χ1n) is 7.48. The van der Waals surface area contributed by atoms with Crippen molar-refractivity contribution in [1.82, 2.24) is 0 Å². The molecule has 0 saturated heterocycles. The van der Waals surface area contributed by atoms with Gasteiger partial charge in [0.25, 0.3) is 0 Å². The van der Waals surface area contributed by atoms with E-state index < -0.39 is 9.84 Å². The number of sulfone groups is 1. The molecule has 0 atom stereocenters. The molecule has 0 amide bonds. The summed E-state index contributed by atoms with van der Waals surface area (Å²) in [5, 5.41) is 12.2. The van der Waals surface area contributed by atoms with Crippen LogP contribution in [0.15, 0.2) is 29.2 Å². The Hall–Kier alpha value is -1.07. The smallest absolute Gasteiger partial charge is 0.178 e. The fourth-order valence-electron chi connectivity index (χ4n) is 2.15. The van der Waals surface area contributed by atoms with E-state index in [0.29, 0.717) is 11.3 Å². The van der Waals surface area contributed by atoms with Crippen molar-refractivity contribution in [3.8, 4) is 0 Å². The Bertz CT molecular complexity index is 521. The summed E-state index contributed by atoms with van der Waals surface area (Å²) in [4.78, 5) is 0.384. The average molecular weight is 313 g/mol. The topological polar surface area (TPSA) is 66.4 Å². The van der Waals surface area contributed by atoms with Gasteiger partial charge in [0.1, 0.15) is 0 Å². The van der Waals surface area contributed by atoms with E-state index in [1.165, 1.54) is 0 Å². The summed E-state index contributed by atoms with van der Waals surface area (Å²) in [5.41, 5.74) is 1.01. The van der Waals surface area contributed by atoms with E-state index in [9.17, 15) is 8.42 Å². The number of hydrogen-bond acceptors (Lipinski definition) is 4. The lowest BCUT2D eigenvalue weighted by atomic mass is 9.88. The van der Waals surface area contributed by atoms with Gasteiger partial charge in [-0.05, 0) is 48.9 Å². The van der Waals surface area contributed by atoms with Crippen molar-refractivity contribution in [2.75, 3.05) is 24.2 Å². The van der Waals surface area contributed by atoms with E-state index in [1.54, 1.807) is 12.1 Å². The minimum Gasteiger partial charge on any atom is -0.396 e. The highest BCUT2D eigenvalue weighted by Crippen LogP contribution is 2.23. The van der Waals surface area contributed by atoms with Crippen LogP contribution in [0, 0.1) is 5.41 Å². The number of nitrogens with one attached hydrogen (secondary N) is 1. The first kappa shape index (κ1) is 18.0. The Morgan fingerprint density at radius 1 is 1.19 bits per heavy atom. The lowest BCUT2D eigenvalue weighted by Crippen LogP contribution is -2.23. The molecule has 0 fully saturated rings. The van der Waals surface area contributed by atoms with Gasteiger partial charge in [-0.25, -0.2) is 8.42 Å². The molecule has 1 aromatic rings. The molecule has 0 spiro atoms. The van der Waals surface area contributed by atoms with Gasteiger partial charge in [-0.1, -0.05) is 20.8 Å². The van der Waals surface area contributed by atoms with Crippen molar-refractivity contribution in [2.24, 2.45) is 5.41 Å². The average Bonchev–Trinajstić information content (AvgIpc) is 2.44. The molecule has 5 heteroatoms. The number of anilines is 1. The standard InChI is InChI=1S/C16H27NO3S/c1-4-12-21(19,20)15-8-6-14(7-9-15)17-13-16(2,3)10-5-11-18/h6-9,17-18H,4-5,10-13H2,1-3H3. The summed E-state index contributed by atoms with van der Waals surface area (Å²) >= 11 is 0. The van der Waals surface area contributed by atoms with Crippen molar-refractivity contribution in [3.63, 3.8) is 0 Å². The van der Waals surface area contributed by atoms with Crippen LogP contribution in [0.25, 0.3) is 0 Å². The molecule has 0 radical (unpaired) electrons. The van der Waals surface area contributed by atoms with Gasteiger partial charge in [-0.15, -0.1) is 0 Å². The quantitative estimate of drug-likeness (QED) is 0.735. The zero-order chi connectivity index (χ0) is 15.9. The second-order valence-corrected chi connectivity index (χ2v) is 8.30. The lowest BCUT2D eigenvalue weighted by Gasteiger charge is -2.25. The van der Waals surface area contributed by atoms with Gasteiger partial charge < -0.3 is 10.4 Å². The Kier molecular flexibility index (Phi) is 6.68. The van der Waals surface area contributed by atoms with Gasteiger partial charge in [0.05, 0.1) is 10.6 Å². The zero-order valence-corrected chi connectivity index (χ0v) is 14.0. The lowest BCUT2D eigenvalue weighted by molar-refractivity contribution is 0.248. The minimum absolute atomic E-state index is 0.0929. The van der Waals surface area contributed by atoms with Gasteiger partial charge in [0.15, 0.2) is 9.84 Å². The number of aliphatic hydroxyl groups is 1. The summed E-state index contributed by atoms with van der Waals surface area (Å²) < 4.78 is 23.9. The van der Waals surface area contributed by atoms with Crippen molar-refractivity contribution in [3.05, 3.63) is 24.3 Å². The molecule has 2 N–H and O–H groups in total. The van der Waals surface area contributed by atoms with Crippen LogP contribution in [-0.2, 0) is 9.84 Å². The number of aliphatic hydroxyl groups excluding tert-OH is 1. The zero-order valence-electron chi connectivity index (χ0n) is 13.2. The first-order chi connectivity index (χ1) is 9.80. The second kappa shape index (κ2) is 7.80. The molecule has 0 aliphatic heterocycles. The molecule has 0 aliphatic carbocycles. The third-order valence-electron chi connectivity index (χ3n) is 3.47. The van der Waals surface area contributed by atoms with E-state index in [1.807, 2.05) is 19.1 Å². The molecule has 21 heavy (non-hydrogen) atoms. The molecule has 0 aromatic heterocycles. The van der Waals surface area contributed by atoms with Crippen LogP contribution >= 0.6 is 0 Å². The Morgan fingerprint density at radius 3 is 2.33 bits per heavy atom. The van der Waals surface area contributed by atoms with Crippen LogP contribution in [-0.4, -0.2) is 32.4 Å². The highest BCUT2D eigenvalue weighted by Gasteiger charge is 2.17. The maximum absolute atomic E-state index is 11.9. The highest BCUT2D eigenvalue weighted by molar-refractivity contribution is 7.91. The van der Waals surface area contributed by atoms with Gasteiger partial charge >= 0.3 is 0 Å². The third kappa shape index (κ3) is 6.06. The predicted octanol–water partition coefficient (Wildman–Crippen LogP) is 3.08. The normalized spacial score (nSPS) is 12.4. The summed E-state index contributed by atoms with van der Waals surface area (Å²) in [6, 6.07) is 6.94. The van der Waals surface area contributed by atoms with Crippen LogP contribution in [0.1, 0.15) is 40.0 Å². The van der Waals surface area contributed by atoms with Crippen LogP contribution in [0.4, 0.5) is 5.69 Å². The summed E-state index contributed by atoms with van der Waals surface area (Å²) in [6.07, 6.45) is 2.36. The van der Waals surface area contributed by atoms with Crippen molar-refractivity contribution in [2.45, 2.75) is 44.9 Å². The van der Waals surface area contributed by atoms with Gasteiger partial charge in [0, 0.05) is 18.8 Å². The van der Waals surface area contributed by atoms with Crippen LogP contribution in [0.5, 0.6) is 0 Å². The van der Waals surface area contributed by atoms with E-state index in [4.69, 9.17) is 5.11 Å². The van der Waals surface area contributed by atoms with Gasteiger partial charge in [0.2, 0.25) is 0 Å². The Morgan fingerprint density at radius 2 is 1.81 bits per heavy atom. The maximum Gasteiger partial charge on any atom is 0.178 e. The Labute approximate surface area is 128 Å². The van der Waals surface area contributed by atoms with Crippen molar-refractivity contribution < 1.29 is 13.5 Å².